The van der Waals surface area contributed by atoms with Gasteiger partial charge in [0.25, 0.3) is 0 Å². The minimum Gasteiger partial charge on any atom is -0.402 e. The Balaban J connectivity index is -0.000000231. The lowest BCUT2D eigenvalue weighted by atomic mass is 9.97. The van der Waals surface area contributed by atoms with E-state index in [0.29, 0.717) is 0 Å². The zero-order valence-electron chi connectivity index (χ0n) is 13.0. The van der Waals surface area contributed by atoms with Crippen LogP contribution in [0.3, 0.4) is 0 Å². The van der Waals surface area contributed by atoms with Crippen LogP contribution >= 0.6 is 0 Å². The van der Waals surface area contributed by atoms with Gasteiger partial charge in [0.1, 0.15) is 0 Å². The molecule has 0 rings (SSSR count). The minimum absolute atomic E-state index is 0.0451. The Hall–Kier alpha value is -0.230. The second kappa shape index (κ2) is 13.4. The summed E-state index contributed by atoms with van der Waals surface area (Å²) in [4.78, 5) is 0. The van der Waals surface area contributed by atoms with Crippen LogP contribution in [0.25, 0.3) is 0 Å². The van der Waals surface area contributed by atoms with E-state index in [0.717, 1.165) is 0 Å². The van der Waals surface area contributed by atoms with Crippen LogP contribution < -0.4 is 0 Å². The maximum Gasteiger partial charge on any atom is 0.621 e. The Morgan fingerprint density at radius 1 is 0.619 bits per heavy atom. The van der Waals surface area contributed by atoms with Gasteiger partial charge in [-0.2, -0.15) is 0 Å². The zero-order chi connectivity index (χ0) is 17.7. The first-order chi connectivity index (χ1) is 9.37. The van der Waals surface area contributed by atoms with Crippen LogP contribution in [0, 0.1) is 10.8 Å². The molecule has 0 saturated carbocycles. The number of hydrogen-bond donors (Lipinski definition) is 8. The highest BCUT2D eigenvalue weighted by molar-refractivity contribution is 6.48. The average molecular weight is 314 g/mol. The molecule has 0 unspecified atom stereocenters. The van der Waals surface area contributed by atoms with Gasteiger partial charge in [-0.1, -0.05) is 27.7 Å². The Kier molecular flexibility index (Phi) is 16.4. The molecule has 0 aromatic carbocycles. The first-order valence-electron chi connectivity index (χ1n) is 6.18. The average Bonchev–Trinajstić information content (AvgIpc) is 2.38. The number of aliphatic hydroxyl groups excluding tert-OH is 4. The molecule has 8 N–H and O–H groups in total. The van der Waals surface area contributed by atoms with Crippen LogP contribution in [0.2, 0.25) is 0 Å². The van der Waals surface area contributed by atoms with Crippen LogP contribution in [0.4, 0.5) is 0 Å². The zero-order valence-corrected chi connectivity index (χ0v) is 13.0. The van der Waals surface area contributed by atoms with Gasteiger partial charge < -0.3 is 45.1 Å². The highest BCUT2D eigenvalue weighted by atomic mass is 16.7. The van der Waals surface area contributed by atoms with Crippen molar-refractivity contribution in [1.82, 2.24) is 0 Å². The quantitative estimate of drug-likeness (QED) is 0.237. The standard InChI is InChI=1S/2C5H12O2.B2H4O5/c2*1-5(2,3-6)4-7;3-1(4)7-2(5)6/h2*6-7H,3-4H2,1-2H3;3-6H. The van der Waals surface area contributed by atoms with Crippen molar-refractivity contribution in [1.29, 1.82) is 0 Å². The third kappa shape index (κ3) is 25.1. The Labute approximate surface area is 125 Å². The summed E-state index contributed by atoms with van der Waals surface area (Å²) in [6.45, 7) is 7.38. The fourth-order valence-corrected chi connectivity index (χ4v) is 0.209. The lowest BCUT2D eigenvalue weighted by Crippen LogP contribution is -2.28. The third-order valence-corrected chi connectivity index (χ3v) is 1.96. The van der Waals surface area contributed by atoms with Crippen molar-refractivity contribution in [2.75, 3.05) is 26.4 Å². The molecule has 0 atom stereocenters. The Morgan fingerprint density at radius 2 is 0.810 bits per heavy atom. The van der Waals surface area contributed by atoms with Gasteiger partial charge >= 0.3 is 14.6 Å². The highest BCUT2D eigenvalue weighted by Gasteiger charge is 2.18. The summed E-state index contributed by atoms with van der Waals surface area (Å²) in [7, 11) is -4.25. The summed E-state index contributed by atoms with van der Waals surface area (Å²) in [5, 5.41) is 64.7. The van der Waals surface area contributed by atoms with Gasteiger partial charge in [0.15, 0.2) is 0 Å². The molecule has 128 valence electrons. The van der Waals surface area contributed by atoms with Crippen LogP contribution in [0.15, 0.2) is 0 Å². The lowest BCUT2D eigenvalue weighted by Gasteiger charge is -2.16. The van der Waals surface area contributed by atoms with Crippen LogP contribution in [-0.4, -0.2) is 81.6 Å². The molecule has 0 aromatic heterocycles. The maximum atomic E-state index is 8.43. The van der Waals surface area contributed by atoms with E-state index in [4.69, 9.17) is 40.5 Å². The second-order valence-corrected chi connectivity index (χ2v) is 5.75. The normalized spacial score (nSPS) is 10.9. The molecule has 0 amide bonds. The highest BCUT2D eigenvalue weighted by Crippen LogP contribution is 2.10. The fraction of sp³-hybridized carbons (Fsp3) is 1.00. The van der Waals surface area contributed by atoms with Gasteiger partial charge in [-0.3, -0.25) is 0 Å². The van der Waals surface area contributed by atoms with E-state index in [1.54, 1.807) is 27.7 Å². The van der Waals surface area contributed by atoms with Crippen molar-refractivity contribution in [2.24, 2.45) is 10.8 Å². The Bertz CT molecular complexity index is 191. The molecule has 0 aliphatic carbocycles. The smallest absolute Gasteiger partial charge is 0.402 e. The van der Waals surface area contributed by atoms with Crippen LogP contribution in [-0.2, 0) is 4.57 Å². The number of aliphatic hydroxyl groups is 4. The van der Waals surface area contributed by atoms with Crippen LogP contribution in [0.1, 0.15) is 27.7 Å². The van der Waals surface area contributed by atoms with Crippen molar-refractivity contribution in [3.05, 3.63) is 0 Å². The topological polar surface area (TPSA) is 171 Å². The van der Waals surface area contributed by atoms with E-state index in [1.165, 1.54) is 0 Å². The largest absolute Gasteiger partial charge is 0.621 e. The summed E-state index contributed by atoms with van der Waals surface area (Å²) in [5.74, 6) is 0. The van der Waals surface area contributed by atoms with Crippen molar-refractivity contribution < 1.29 is 45.1 Å². The lowest BCUT2D eigenvalue weighted by molar-refractivity contribution is 0.0855. The molecule has 0 bridgehead atoms. The van der Waals surface area contributed by atoms with Crippen molar-refractivity contribution >= 4 is 14.6 Å². The van der Waals surface area contributed by atoms with E-state index in [2.05, 4.69) is 4.57 Å². The molecular formula is C10H28B2O9. The van der Waals surface area contributed by atoms with Crippen molar-refractivity contribution in [3.63, 3.8) is 0 Å². The van der Waals surface area contributed by atoms with Gasteiger partial charge in [-0.15, -0.1) is 0 Å². The van der Waals surface area contributed by atoms with Crippen molar-refractivity contribution in [2.45, 2.75) is 27.7 Å². The Morgan fingerprint density at radius 3 is 0.810 bits per heavy atom. The van der Waals surface area contributed by atoms with Gasteiger partial charge in [0, 0.05) is 10.8 Å². The molecule has 0 spiro atoms. The van der Waals surface area contributed by atoms with E-state index in [1.807, 2.05) is 0 Å². The van der Waals surface area contributed by atoms with E-state index >= 15 is 0 Å². The molecule has 21 heavy (non-hydrogen) atoms. The molecule has 9 nitrogen and oxygen atoms in total. The molecular weight excluding hydrogens is 286 g/mol. The van der Waals surface area contributed by atoms with Gasteiger partial charge in [-0.05, 0) is 0 Å². The van der Waals surface area contributed by atoms with Crippen LogP contribution in [0.5, 0.6) is 0 Å². The molecule has 0 radical (unpaired) electrons. The second-order valence-electron chi connectivity index (χ2n) is 5.75. The summed E-state index contributed by atoms with van der Waals surface area (Å²) in [6, 6.07) is 0. The maximum absolute atomic E-state index is 8.43. The molecule has 0 fully saturated rings. The summed E-state index contributed by atoms with van der Waals surface area (Å²) < 4.78 is 3.47. The third-order valence-electron chi connectivity index (χ3n) is 1.96. The summed E-state index contributed by atoms with van der Waals surface area (Å²) in [6.07, 6.45) is 0. The molecule has 11 heteroatoms. The van der Waals surface area contributed by atoms with Crippen molar-refractivity contribution in [3.8, 4) is 0 Å². The monoisotopic (exact) mass is 314 g/mol. The SMILES string of the molecule is CC(C)(CO)CO.CC(C)(CO)CO.OB(O)OB(O)O. The predicted molar refractivity (Wildman–Crippen MR) is 77.4 cm³/mol. The molecule has 0 saturated heterocycles. The van der Waals surface area contributed by atoms with E-state index in [9.17, 15) is 0 Å². The van der Waals surface area contributed by atoms with E-state index < -0.39 is 14.6 Å². The summed E-state index contributed by atoms with van der Waals surface area (Å²) in [5.41, 5.74) is -0.611. The van der Waals surface area contributed by atoms with Gasteiger partial charge in [-0.25, -0.2) is 0 Å². The molecule has 0 aromatic rings. The van der Waals surface area contributed by atoms with Gasteiger partial charge in [0.05, 0.1) is 26.4 Å². The van der Waals surface area contributed by atoms with E-state index in [-0.39, 0.29) is 37.3 Å². The molecule has 0 aliphatic rings. The molecule has 0 aliphatic heterocycles. The first kappa shape index (κ1) is 25.7. The summed E-state index contributed by atoms with van der Waals surface area (Å²) >= 11 is 0. The fourth-order valence-electron chi connectivity index (χ4n) is 0.209. The molecule has 0 heterocycles. The first-order valence-corrected chi connectivity index (χ1v) is 6.18. The number of hydrogen-bond acceptors (Lipinski definition) is 9. The van der Waals surface area contributed by atoms with Gasteiger partial charge in [0.2, 0.25) is 0 Å². The number of rotatable bonds is 6. The minimum atomic E-state index is -2.13. The predicted octanol–water partition coefficient (Wildman–Crippen LogP) is -3.06.